The number of hydrogen-bond donors (Lipinski definition) is 0. The zero-order valence-corrected chi connectivity index (χ0v) is 19.9. The van der Waals surface area contributed by atoms with Gasteiger partial charge in [0.25, 0.3) is 0 Å². The summed E-state index contributed by atoms with van der Waals surface area (Å²) in [6.45, 7) is 4.56. The number of fused-ring (bicyclic) bond motifs is 1. The molecule has 1 saturated heterocycles. The summed E-state index contributed by atoms with van der Waals surface area (Å²) in [5.74, 6) is 0.365. The van der Waals surface area contributed by atoms with Gasteiger partial charge in [0, 0.05) is 40.6 Å². The van der Waals surface area contributed by atoms with Gasteiger partial charge in [0.1, 0.15) is 22.9 Å². The lowest BCUT2D eigenvalue weighted by Gasteiger charge is -2.28. The van der Waals surface area contributed by atoms with Crippen LogP contribution < -0.4 is 0 Å². The zero-order chi connectivity index (χ0) is 23.4. The normalized spacial score (nSPS) is 20.7. The van der Waals surface area contributed by atoms with Crippen molar-refractivity contribution in [2.75, 3.05) is 6.61 Å². The molecule has 2 aliphatic rings. The van der Waals surface area contributed by atoms with Crippen molar-refractivity contribution in [1.29, 1.82) is 0 Å². The van der Waals surface area contributed by atoms with Crippen LogP contribution in [-0.4, -0.2) is 31.3 Å². The first kappa shape index (κ1) is 21.6. The maximum Gasteiger partial charge on any atom is 0.134 e. The molecule has 0 amide bonds. The number of aromatic nitrogens is 5. The summed E-state index contributed by atoms with van der Waals surface area (Å²) in [5, 5.41) is 4.87. The molecule has 0 N–H and O–H groups in total. The van der Waals surface area contributed by atoms with Crippen LogP contribution in [0.25, 0.3) is 22.3 Å². The summed E-state index contributed by atoms with van der Waals surface area (Å²) < 4.78 is 23.1. The molecule has 4 aromatic rings. The van der Waals surface area contributed by atoms with E-state index in [1.54, 1.807) is 12.1 Å². The highest BCUT2D eigenvalue weighted by atomic mass is 35.5. The second-order valence-corrected chi connectivity index (χ2v) is 9.82. The fourth-order valence-corrected chi connectivity index (χ4v) is 4.80. The minimum atomic E-state index is -0.421. The van der Waals surface area contributed by atoms with E-state index in [0.29, 0.717) is 40.3 Å². The molecule has 0 radical (unpaired) electrons. The van der Waals surface area contributed by atoms with Crippen molar-refractivity contribution >= 4 is 22.6 Å². The van der Waals surface area contributed by atoms with E-state index in [1.807, 2.05) is 30.8 Å². The molecule has 1 aliphatic carbocycles. The van der Waals surface area contributed by atoms with Crippen molar-refractivity contribution in [1.82, 2.24) is 24.7 Å². The van der Waals surface area contributed by atoms with Gasteiger partial charge in [-0.25, -0.2) is 19.3 Å². The first-order valence-corrected chi connectivity index (χ1v) is 12.1. The predicted molar refractivity (Wildman–Crippen MR) is 128 cm³/mol. The molecule has 1 aromatic carbocycles. The van der Waals surface area contributed by atoms with Gasteiger partial charge in [0.2, 0.25) is 0 Å². The molecule has 0 bridgehead atoms. The minimum absolute atomic E-state index is 0.0563. The molecule has 4 heterocycles. The molecule has 1 saturated carbocycles. The number of rotatable bonds is 4. The van der Waals surface area contributed by atoms with Crippen LogP contribution in [0.2, 0.25) is 5.02 Å². The van der Waals surface area contributed by atoms with Crippen LogP contribution in [0.4, 0.5) is 4.39 Å². The van der Waals surface area contributed by atoms with Gasteiger partial charge in [-0.2, -0.15) is 5.10 Å². The number of pyridine rings is 1. The van der Waals surface area contributed by atoms with Gasteiger partial charge in [-0.3, -0.25) is 4.68 Å². The number of hydrogen-bond acceptors (Lipinski definition) is 5. The first-order valence-electron chi connectivity index (χ1n) is 11.7. The van der Waals surface area contributed by atoms with Crippen LogP contribution in [0.15, 0.2) is 36.7 Å². The molecule has 2 fully saturated rings. The smallest absolute Gasteiger partial charge is 0.134 e. The van der Waals surface area contributed by atoms with E-state index in [9.17, 15) is 4.39 Å². The van der Waals surface area contributed by atoms with Gasteiger partial charge in [-0.05, 0) is 69.4 Å². The largest absolute Gasteiger partial charge is 0.373 e. The molecule has 0 unspecified atom stereocenters. The molecule has 2 atom stereocenters. The van der Waals surface area contributed by atoms with E-state index in [1.165, 1.54) is 18.9 Å². The predicted octanol–water partition coefficient (Wildman–Crippen LogP) is 6.27. The van der Waals surface area contributed by atoms with Crippen molar-refractivity contribution in [3.8, 4) is 11.3 Å². The fourth-order valence-electron chi connectivity index (χ4n) is 4.64. The lowest BCUT2D eigenvalue weighted by Crippen LogP contribution is -2.20. The number of aryl methyl sites for hydroxylation is 2. The standard InChI is InChI=1S/C26H25ClFN5O/c1-14-9-22-25(30-15(14)2)24(20-6-3-18(27)11-21(20)28)32-26(31-22)16-7-8-34-23(10-16)17-12-29-33(13-17)19-4-5-19/h3,6,9,11-13,16,19,23H,4-5,7-8,10H2,1-2H3/t16-,23+/m0/s1. The van der Waals surface area contributed by atoms with Crippen LogP contribution >= 0.6 is 11.6 Å². The SMILES string of the molecule is Cc1cc2nc([C@H]3CCO[C@@H](c4cnn(C5CC5)c4)C3)nc(-c3ccc(Cl)cc3F)c2nc1C. The Morgan fingerprint density at radius 3 is 2.74 bits per heavy atom. The van der Waals surface area contributed by atoms with E-state index < -0.39 is 5.82 Å². The van der Waals surface area contributed by atoms with Crippen molar-refractivity contribution < 1.29 is 9.13 Å². The molecule has 0 spiro atoms. The Labute approximate surface area is 202 Å². The van der Waals surface area contributed by atoms with Gasteiger partial charge in [0.15, 0.2) is 0 Å². The molecule has 6 nitrogen and oxygen atoms in total. The van der Waals surface area contributed by atoms with Gasteiger partial charge in [-0.15, -0.1) is 0 Å². The lowest BCUT2D eigenvalue weighted by atomic mass is 9.92. The van der Waals surface area contributed by atoms with Crippen molar-refractivity contribution in [2.45, 2.75) is 57.6 Å². The Morgan fingerprint density at radius 1 is 1.09 bits per heavy atom. The maximum atomic E-state index is 15.0. The molecule has 1 aliphatic heterocycles. The summed E-state index contributed by atoms with van der Waals surface area (Å²) in [4.78, 5) is 14.5. The highest BCUT2D eigenvalue weighted by Gasteiger charge is 2.31. The summed E-state index contributed by atoms with van der Waals surface area (Å²) >= 11 is 6.01. The average molecular weight is 478 g/mol. The van der Waals surface area contributed by atoms with E-state index in [2.05, 4.69) is 11.3 Å². The third kappa shape index (κ3) is 3.97. The summed E-state index contributed by atoms with van der Waals surface area (Å²) in [6.07, 6.45) is 7.91. The molecular formula is C26H25ClFN5O. The third-order valence-electron chi connectivity index (χ3n) is 6.88. The molecule has 174 valence electrons. The van der Waals surface area contributed by atoms with E-state index in [0.717, 1.165) is 35.2 Å². The topological polar surface area (TPSA) is 65.7 Å². The monoisotopic (exact) mass is 477 g/mol. The summed E-state index contributed by atoms with van der Waals surface area (Å²) in [7, 11) is 0. The van der Waals surface area contributed by atoms with Crippen LogP contribution in [0.1, 0.15) is 66.4 Å². The van der Waals surface area contributed by atoms with Gasteiger partial charge in [0.05, 0.1) is 23.9 Å². The molecule has 3 aromatic heterocycles. The fraction of sp³-hybridized carbons (Fsp3) is 0.385. The zero-order valence-electron chi connectivity index (χ0n) is 19.1. The molecule has 6 rings (SSSR count). The quantitative estimate of drug-likeness (QED) is 0.346. The minimum Gasteiger partial charge on any atom is -0.373 e. The Bertz CT molecular complexity index is 1400. The van der Waals surface area contributed by atoms with Crippen LogP contribution in [-0.2, 0) is 4.74 Å². The summed E-state index contributed by atoms with van der Waals surface area (Å²) in [5.41, 5.74) is 5.21. The van der Waals surface area contributed by atoms with Gasteiger partial charge in [-0.1, -0.05) is 11.6 Å². The first-order chi connectivity index (χ1) is 16.5. The van der Waals surface area contributed by atoms with Crippen LogP contribution in [0.5, 0.6) is 0 Å². The molecule has 8 heteroatoms. The maximum absolute atomic E-state index is 15.0. The van der Waals surface area contributed by atoms with Crippen molar-refractivity contribution in [3.63, 3.8) is 0 Å². The summed E-state index contributed by atoms with van der Waals surface area (Å²) in [6, 6.07) is 7.20. The van der Waals surface area contributed by atoms with E-state index in [-0.39, 0.29) is 12.0 Å². The van der Waals surface area contributed by atoms with E-state index in [4.69, 9.17) is 31.3 Å². The van der Waals surface area contributed by atoms with Crippen molar-refractivity contribution in [2.24, 2.45) is 0 Å². The molecular weight excluding hydrogens is 453 g/mol. The average Bonchev–Trinajstić information content (AvgIpc) is 3.56. The number of halogens is 2. The number of benzene rings is 1. The number of ether oxygens (including phenoxy) is 1. The Hall–Kier alpha value is -2.90. The van der Waals surface area contributed by atoms with Crippen LogP contribution in [0, 0.1) is 19.7 Å². The highest BCUT2D eigenvalue weighted by Crippen LogP contribution is 2.40. The van der Waals surface area contributed by atoms with Crippen molar-refractivity contribution in [3.05, 3.63) is 70.1 Å². The molecule has 34 heavy (non-hydrogen) atoms. The highest BCUT2D eigenvalue weighted by molar-refractivity contribution is 6.30. The Kier molecular flexibility index (Phi) is 5.34. The van der Waals surface area contributed by atoms with Gasteiger partial charge < -0.3 is 4.74 Å². The third-order valence-corrected chi connectivity index (χ3v) is 7.12. The Morgan fingerprint density at radius 2 is 1.94 bits per heavy atom. The second-order valence-electron chi connectivity index (χ2n) is 9.38. The van der Waals surface area contributed by atoms with E-state index >= 15 is 0 Å². The second kappa shape index (κ2) is 8.40. The van der Waals surface area contributed by atoms with Crippen LogP contribution in [0.3, 0.4) is 0 Å². The number of nitrogens with zero attached hydrogens (tertiary/aromatic N) is 5. The van der Waals surface area contributed by atoms with Gasteiger partial charge >= 0.3 is 0 Å². The lowest BCUT2D eigenvalue weighted by molar-refractivity contribution is 0.00397. The Balaban J connectivity index is 1.41.